The van der Waals surface area contributed by atoms with E-state index in [9.17, 15) is 0 Å². The Kier molecular flexibility index (Phi) is 2.85. The number of nitrogens with one attached hydrogen (secondary N) is 1. The lowest BCUT2D eigenvalue weighted by molar-refractivity contribution is 0.145. The number of hydrogen-bond donors (Lipinski definition) is 1. The van der Waals surface area contributed by atoms with E-state index in [2.05, 4.69) is 28.5 Å². The topological polar surface area (TPSA) is 38.5 Å². The first kappa shape index (κ1) is 12.9. The van der Waals surface area contributed by atoms with Crippen molar-refractivity contribution in [2.24, 2.45) is 12.5 Å². The van der Waals surface area contributed by atoms with Gasteiger partial charge in [0.2, 0.25) is 0 Å². The number of aryl methyl sites for hydroxylation is 2. The predicted molar refractivity (Wildman–Crippen MR) is 79.9 cm³/mol. The highest BCUT2D eigenvalue weighted by Crippen LogP contribution is 2.45. The molecule has 1 unspecified atom stereocenters. The molecule has 0 amide bonds. The average molecular weight is 278 g/mol. The third-order valence-electron chi connectivity index (χ3n) is 4.63. The molecule has 0 aliphatic heterocycles. The van der Waals surface area contributed by atoms with Crippen LogP contribution in [0.1, 0.15) is 51.3 Å². The molecule has 2 aromatic heterocycles. The Morgan fingerprint density at radius 1 is 1.37 bits per heavy atom. The predicted octanol–water partition coefficient (Wildman–Crippen LogP) is 3.88. The minimum absolute atomic E-state index is 0.295. The molecule has 0 aromatic carbocycles. The van der Waals surface area contributed by atoms with Gasteiger partial charge in [-0.2, -0.15) is 5.10 Å². The van der Waals surface area contributed by atoms with Gasteiger partial charge in [-0.25, -0.2) is 0 Å². The van der Waals surface area contributed by atoms with Crippen LogP contribution in [0.15, 0.2) is 0 Å². The first-order valence-electron chi connectivity index (χ1n) is 7.05. The summed E-state index contributed by atoms with van der Waals surface area (Å²) in [6.45, 7) is 6.76. The van der Waals surface area contributed by atoms with Crippen LogP contribution in [0.2, 0.25) is 0 Å². The molecule has 1 aliphatic rings. The molecule has 104 valence electrons. The second kappa shape index (κ2) is 4.20. The first-order chi connectivity index (χ1) is 8.92. The SMILES string of the molecule is Cc1nn(C)c2c1[nH]c(=S)n2C1CCCCC1(C)C. The van der Waals surface area contributed by atoms with E-state index in [1.54, 1.807) is 0 Å². The summed E-state index contributed by atoms with van der Waals surface area (Å²) in [7, 11) is 2.00. The van der Waals surface area contributed by atoms with E-state index >= 15 is 0 Å². The molecule has 0 radical (unpaired) electrons. The van der Waals surface area contributed by atoms with Gasteiger partial charge in [0.15, 0.2) is 10.4 Å². The lowest BCUT2D eigenvalue weighted by Gasteiger charge is -2.39. The summed E-state index contributed by atoms with van der Waals surface area (Å²) in [6.07, 6.45) is 5.09. The largest absolute Gasteiger partial charge is 0.328 e. The number of fused-ring (bicyclic) bond motifs is 1. The minimum atomic E-state index is 0.295. The minimum Gasteiger partial charge on any atom is -0.328 e. The van der Waals surface area contributed by atoms with Crippen LogP contribution in [0.4, 0.5) is 0 Å². The fourth-order valence-corrected chi connectivity index (χ4v) is 3.89. The van der Waals surface area contributed by atoms with Gasteiger partial charge in [-0.05, 0) is 37.4 Å². The zero-order chi connectivity index (χ0) is 13.8. The van der Waals surface area contributed by atoms with Crippen molar-refractivity contribution in [1.29, 1.82) is 0 Å². The number of hydrogen-bond acceptors (Lipinski definition) is 2. The van der Waals surface area contributed by atoms with Gasteiger partial charge in [0, 0.05) is 13.1 Å². The third kappa shape index (κ3) is 1.86. The lowest BCUT2D eigenvalue weighted by Crippen LogP contribution is -2.31. The van der Waals surface area contributed by atoms with E-state index in [1.165, 1.54) is 25.7 Å². The van der Waals surface area contributed by atoms with Gasteiger partial charge in [-0.15, -0.1) is 0 Å². The van der Waals surface area contributed by atoms with E-state index in [4.69, 9.17) is 12.2 Å². The van der Waals surface area contributed by atoms with Crippen LogP contribution < -0.4 is 0 Å². The summed E-state index contributed by atoms with van der Waals surface area (Å²) in [5, 5.41) is 4.51. The van der Waals surface area contributed by atoms with E-state index in [0.717, 1.165) is 21.6 Å². The molecule has 1 atom stereocenters. The molecule has 1 saturated carbocycles. The Hall–Kier alpha value is -1.10. The van der Waals surface area contributed by atoms with E-state index in [0.29, 0.717) is 11.5 Å². The molecule has 3 rings (SSSR count). The second-order valence-electron chi connectivity index (χ2n) is 6.46. The monoisotopic (exact) mass is 278 g/mol. The first-order valence-corrected chi connectivity index (χ1v) is 7.46. The van der Waals surface area contributed by atoms with Gasteiger partial charge >= 0.3 is 0 Å². The summed E-state index contributed by atoms with van der Waals surface area (Å²) in [5.74, 6) is 0. The molecule has 1 aliphatic carbocycles. The standard InChI is InChI=1S/C14H22N4S/c1-9-11-12(17(4)16-9)18(13(19)15-11)10-7-5-6-8-14(10,2)3/h10H,5-8H2,1-4H3,(H,15,19). The van der Waals surface area contributed by atoms with E-state index in [-0.39, 0.29) is 0 Å². The molecule has 4 nitrogen and oxygen atoms in total. The fourth-order valence-electron chi connectivity index (χ4n) is 3.58. The summed E-state index contributed by atoms with van der Waals surface area (Å²) in [5.41, 5.74) is 3.55. The van der Waals surface area contributed by atoms with Crippen molar-refractivity contribution in [2.75, 3.05) is 0 Å². The number of rotatable bonds is 1. The van der Waals surface area contributed by atoms with Crippen LogP contribution in [-0.2, 0) is 7.05 Å². The Bertz CT molecular complexity index is 673. The Balaban J connectivity index is 2.24. The average Bonchev–Trinajstić information content (AvgIpc) is 2.78. The van der Waals surface area contributed by atoms with Crippen LogP contribution in [-0.4, -0.2) is 19.3 Å². The summed E-state index contributed by atoms with van der Waals surface area (Å²) in [4.78, 5) is 3.35. The van der Waals surface area contributed by atoms with Crippen molar-refractivity contribution < 1.29 is 0 Å². The highest BCUT2D eigenvalue weighted by Gasteiger charge is 2.35. The van der Waals surface area contributed by atoms with Crippen LogP contribution in [0.3, 0.4) is 0 Å². The smallest absolute Gasteiger partial charge is 0.179 e. The van der Waals surface area contributed by atoms with Crippen molar-refractivity contribution in [1.82, 2.24) is 19.3 Å². The Labute approximate surface area is 118 Å². The second-order valence-corrected chi connectivity index (χ2v) is 6.84. The quantitative estimate of drug-likeness (QED) is 0.804. The maximum Gasteiger partial charge on any atom is 0.179 e. The summed E-state index contributed by atoms with van der Waals surface area (Å²) < 4.78 is 5.11. The van der Waals surface area contributed by atoms with Gasteiger partial charge in [-0.1, -0.05) is 26.7 Å². The maximum atomic E-state index is 5.58. The number of aromatic nitrogens is 4. The number of imidazole rings is 1. The van der Waals surface area contributed by atoms with Crippen LogP contribution in [0, 0.1) is 17.1 Å². The zero-order valence-electron chi connectivity index (χ0n) is 12.2. The van der Waals surface area contributed by atoms with E-state index in [1.807, 2.05) is 18.7 Å². The molecule has 2 aromatic rings. The fraction of sp³-hybridized carbons (Fsp3) is 0.714. The van der Waals surface area contributed by atoms with E-state index < -0.39 is 0 Å². The van der Waals surface area contributed by atoms with Crippen molar-refractivity contribution in [2.45, 2.75) is 52.5 Å². The molecule has 5 heteroatoms. The van der Waals surface area contributed by atoms with Gasteiger partial charge < -0.3 is 4.98 Å². The van der Waals surface area contributed by atoms with Gasteiger partial charge in [0.05, 0.1) is 5.69 Å². The number of H-pyrrole nitrogens is 1. The Morgan fingerprint density at radius 3 is 2.79 bits per heavy atom. The van der Waals surface area contributed by atoms with Crippen molar-refractivity contribution in [3.63, 3.8) is 0 Å². The van der Waals surface area contributed by atoms with Crippen LogP contribution in [0.25, 0.3) is 11.2 Å². The third-order valence-corrected chi connectivity index (χ3v) is 4.93. The Morgan fingerprint density at radius 2 is 2.11 bits per heavy atom. The number of aromatic amines is 1. The van der Waals surface area contributed by atoms with Gasteiger partial charge in [-0.3, -0.25) is 9.25 Å². The van der Waals surface area contributed by atoms with Gasteiger partial charge in [0.25, 0.3) is 0 Å². The van der Waals surface area contributed by atoms with Crippen molar-refractivity contribution in [3.8, 4) is 0 Å². The van der Waals surface area contributed by atoms with Crippen molar-refractivity contribution in [3.05, 3.63) is 10.5 Å². The molecule has 1 fully saturated rings. The summed E-state index contributed by atoms with van der Waals surface area (Å²) in [6, 6.07) is 0.470. The molecule has 0 bridgehead atoms. The highest BCUT2D eigenvalue weighted by atomic mass is 32.1. The molecule has 2 heterocycles. The van der Waals surface area contributed by atoms with Gasteiger partial charge in [0.1, 0.15) is 5.52 Å². The van der Waals surface area contributed by atoms with Crippen molar-refractivity contribution >= 4 is 23.4 Å². The summed E-state index contributed by atoms with van der Waals surface area (Å²) >= 11 is 5.58. The maximum absolute atomic E-state index is 5.58. The van der Waals surface area contributed by atoms with Crippen LogP contribution >= 0.6 is 12.2 Å². The highest BCUT2D eigenvalue weighted by molar-refractivity contribution is 7.71. The number of nitrogens with zero attached hydrogens (tertiary/aromatic N) is 3. The molecule has 0 saturated heterocycles. The zero-order valence-corrected chi connectivity index (χ0v) is 13.0. The molecular weight excluding hydrogens is 256 g/mol. The molecular formula is C14H22N4S. The molecule has 19 heavy (non-hydrogen) atoms. The lowest BCUT2D eigenvalue weighted by atomic mass is 9.73. The normalized spacial score (nSPS) is 23.1. The molecule has 0 spiro atoms. The van der Waals surface area contributed by atoms with Crippen LogP contribution in [0.5, 0.6) is 0 Å². The molecule has 1 N–H and O–H groups in total.